The molecule has 0 unspecified atom stereocenters. The molecule has 0 aliphatic carbocycles. The second-order valence-corrected chi connectivity index (χ2v) is 5.03. The number of hydrogen-bond donors (Lipinski definition) is 2. The van der Waals surface area contributed by atoms with Gasteiger partial charge in [0, 0.05) is 35.7 Å². The number of rotatable bonds is 4. The molecule has 0 bridgehead atoms. The minimum Gasteiger partial charge on any atom is -0.465 e. The predicted octanol–water partition coefficient (Wildman–Crippen LogP) is 3.81. The zero-order valence-electron chi connectivity index (χ0n) is 13.0. The molecule has 0 radical (unpaired) electrons. The Morgan fingerprint density at radius 1 is 1.04 bits per heavy atom. The van der Waals surface area contributed by atoms with Crippen molar-refractivity contribution in [1.82, 2.24) is 4.98 Å². The van der Waals surface area contributed by atoms with Crippen LogP contribution in [-0.4, -0.2) is 25.1 Å². The minimum absolute atomic E-state index is 0.343. The normalized spacial score (nSPS) is 10.3. The number of esters is 1. The Hall–Kier alpha value is -3.08. The summed E-state index contributed by atoms with van der Waals surface area (Å²) in [6, 6.07) is 15.1. The summed E-state index contributed by atoms with van der Waals surface area (Å²) in [6.07, 6.45) is 1.77. The maximum Gasteiger partial charge on any atom is 0.337 e. The molecule has 5 heteroatoms. The fourth-order valence-electron chi connectivity index (χ4n) is 2.37. The van der Waals surface area contributed by atoms with Crippen LogP contribution < -0.4 is 10.6 Å². The van der Waals surface area contributed by atoms with E-state index in [4.69, 9.17) is 4.74 Å². The third-order valence-electron chi connectivity index (χ3n) is 3.62. The zero-order valence-corrected chi connectivity index (χ0v) is 13.0. The minimum atomic E-state index is -0.343. The van der Waals surface area contributed by atoms with Crippen LogP contribution in [-0.2, 0) is 4.74 Å². The fraction of sp³-hybridized carbons (Fsp3) is 0.111. The van der Waals surface area contributed by atoms with E-state index in [1.165, 1.54) is 7.11 Å². The number of anilines is 3. The highest BCUT2D eigenvalue weighted by molar-refractivity contribution is 5.95. The summed E-state index contributed by atoms with van der Waals surface area (Å²) in [5, 5.41) is 7.52. The zero-order chi connectivity index (χ0) is 16.2. The lowest BCUT2D eigenvalue weighted by Crippen LogP contribution is -2.01. The Morgan fingerprint density at radius 3 is 2.48 bits per heavy atom. The number of methoxy groups -OCH3 is 1. The number of nitrogens with one attached hydrogen (secondary N) is 2. The number of carbonyl (C=O) groups excluding carboxylic acids is 1. The molecule has 0 aliphatic heterocycles. The molecule has 0 amide bonds. The van der Waals surface area contributed by atoms with Gasteiger partial charge in [0.1, 0.15) is 0 Å². The van der Waals surface area contributed by atoms with Gasteiger partial charge in [0.25, 0.3) is 0 Å². The van der Waals surface area contributed by atoms with Gasteiger partial charge >= 0.3 is 5.97 Å². The van der Waals surface area contributed by atoms with E-state index in [0.717, 1.165) is 28.0 Å². The molecule has 3 rings (SSSR count). The Morgan fingerprint density at radius 2 is 1.78 bits per heavy atom. The molecule has 0 saturated heterocycles. The molecule has 23 heavy (non-hydrogen) atoms. The highest BCUT2D eigenvalue weighted by atomic mass is 16.5. The van der Waals surface area contributed by atoms with Gasteiger partial charge in [-0.15, -0.1) is 0 Å². The van der Waals surface area contributed by atoms with E-state index in [0.29, 0.717) is 5.56 Å². The molecule has 2 aromatic carbocycles. The van der Waals surface area contributed by atoms with Crippen molar-refractivity contribution in [2.75, 3.05) is 24.8 Å². The van der Waals surface area contributed by atoms with Crippen LogP contribution in [0.1, 0.15) is 10.4 Å². The first-order valence-electron chi connectivity index (χ1n) is 7.23. The smallest absolute Gasteiger partial charge is 0.337 e. The van der Waals surface area contributed by atoms with Gasteiger partial charge in [-0.05, 0) is 48.5 Å². The molecule has 0 atom stereocenters. The van der Waals surface area contributed by atoms with E-state index in [1.807, 2.05) is 43.4 Å². The van der Waals surface area contributed by atoms with Gasteiger partial charge < -0.3 is 15.4 Å². The van der Waals surface area contributed by atoms with Gasteiger partial charge in [-0.25, -0.2) is 4.79 Å². The summed E-state index contributed by atoms with van der Waals surface area (Å²) in [4.78, 5) is 15.8. The summed E-state index contributed by atoms with van der Waals surface area (Å²) >= 11 is 0. The van der Waals surface area contributed by atoms with E-state index in [1.54, 1.807) is 18.3 Å². The molecule has 3 aromatic rings. The number of hydrogen-bond acceptors (Lipinski definition) is 5. The van der Waals surface area contributed by atoms with E-state index >= 15 is 0 Å². The van der Waals surface area contributed by atoms with Crippen LogP contribution in [0.5, 0.6) is 0 Å². The number of fused-ring (bicyclic) bond motifs is 1. The van der Waals surface area contributed by atoms with Gasteiger partial charge in [0.2, 0.25) is 0 Å². The average Bonchev–Trinajstić information content (AvgIpc) is 2.61. The number of ether oxygens (including phenoxy) is 1. The van der Waals surface area contributed by atoms with Crippen LogP contribution in [0.2, 0.25) is 0 Å². The van der Waals surface area contributed by atoms with E-state index in [9.17, 15) is 4.79 Å². The van der Waals surface area contributed by atoms with E-state index < -0.39 is 0 Å². The standard InChI is InChI=1S/C18H17N3O2/c1-19-14-7-8-16-15(11-14)17(9-10-20-16)21-13-5-3-12(4-6-13)18(22)23-2/h3-11,19H,1-2H3,(H,20,21). The summed E-state index contributed by atoms with van der Waals surface area (Å²) in [6.45, 7) is 0. The summed E-state index contributed by atoms with van der Waals surface area (Å²) in [5.74, 6) is -0.343. The summed E-state index contributed by atoms with van der Waals surface area (Å²) in [7, 11) is 3.26. The van der Waals surface area contributed by atoms with Crippen LogP contribution in [0.25, 0.3) is 10.9 Å². The monoisotopic (exact) mass is 307 g/mol. The highest BCUT2D eigenvalue weighted by Crippen LogP contribution is 2.27. The largest absolute Gasteiger partial charge is 0.465 e. The summed E-state index contributed by atoms with van der Waals surface area (Å²) in [5.41, 5.74) is 4.31. The Labute approximate surface area is 134 Å². The van der Waals surface area contributed by atoms with Crippen molar-refractivity contribution in [3.8, 4) is 0 Å². The number of carbonyl (C=O) groups is 1. The second kappa shape index (κ2) is 6.36. The molecular weight excluding hydrogens is 290 g/mol. The molecule has 0 spiro atoms. The van der Waals surface area contributed by atoms with Crippen molar-refractivity contribution in [3.63, 3.8) is 0 Å². The van der Waals surface area contributed by atoms with Gasteiger partial charge in [-0.3, -0.25) is 4.98 Å². The van der Waals surface area contributed by atoms with Crippen LogP contribution in [0.15, 0.2) is 54.7 Å². The molecule has 1 heterocycles. The molecule has 116 valence electrons. The van der Waals surface area contributed by atoms with Crippen molar-refractivity contribution in [2.45, 2.75) is 0 Å². The molecule has 0 aliphatic rings. The average molecular weight is 307 g/mol. The molecule has 2 N–H and O–H groups in total. The molecule has 0 fully saturated rings. The SMILES string of the molecule is CNc1ccc2nccc(Nc3ccc(C(=O)OC)cc3)c2c1. The van der Waals surface area contributed by atoms with Gasteiger partial charge in [-0.1, -0.05) is 0 Å². The van der Waals surface area contributed by atoms with Crippen LogP contribution in [0, 0.1) is 0 Å². The van der Waals surface area contributed by atoms with Crippen LogP contribution in [0.4, 0.5) is 17.1 Å². The van der Waals surface area contributed by atoms with Crippen molar-refractivity contribution in [3.05, 3.63) is 60.3 Å². The van der Waals surface area contributed by atoms with E-state index in [2.05, 4.69) is 15.6 Å². The maximum atomic E-state index is 11.5. The first kappa shape index (κ1) is 14.8. The molecule has 0 saturated carbocycles. The number of benzene rings is 2. The van der Waals surface area contributed by atoms with Gasteiger partial charge in [-0.2, -0.15) is 0 Å². The lowest BCUT2D eigenvalue weighted by molar-refractivity contribution is 0.0601. The molecular formula is C18H17N3O2. The number of aromatic nitrogens is 1. The molecule has 5 nitrogen and oxygen atoms in total. The van der Waals surface area contributed by atoms with Crippen LogP contribution >= 0.6 is 0 Å². The van der Waals surface area contributed by atoms with E-state index in [-0.39, 0.29) is 5.97 Å². The third kappa shape index (κ3) is 3.08. The lowest BCUT2D eigenvalue weighted by Gasteiger charge is -2.11. The van der Waals surface area contributed by atoms with Crippen LogP contribution in [0.3, 0.4) is 0 Å². The third-order valence-corrected chi connectivity index (χ3v) is 3.62. The lowest BCUT2D eigenvalue weighted by atomic mass is 10.1. The fourth-order valence-corrected chi connectivity index (χ4v) is 2.37. The quantitative estimate of drug-likeness (QED) is 0.718. The van der Waals surface area contributed by atoms with Crippen molar-refractivity contribution in [2.24, 2.45) is 0 Å². The van der Waals surface area contributed by atoms with Gasteiger partial charge in [0.15, 0.2) is 0 Å². The van der Waals surface area contributed by atoms with Crippen molar-refractivity contribution in [1.29, 1.82) is 0 Å². The summed E-state index contributed by atoms with van der Waals surface area (Å²) < 4.78 is 4.70. The highest BCUT2D eigenvalue weighted by Gasteiger charge is 2.06. The Balaban J connectivity index is 1.93. The predicted molar refractivity (Wildman–Crippen MR) is 92.4 cm³/mol. The van der Waals surface area contributed by atoms with Gasteiger partial charge in [0.05, 0.1) is 18.2 Å². The first-order valence-corrected chi connectivity index (χ1v) is 7.23. The number of pyridine rings is 1. The van der Waals surface area contributed by atoms with Crippen molar-refractivity contribution >= 4 is 33.9 Å². The Kier molecular flexibility index (Phi) is 4.10. The second-order valence-electron chi connectivity index (χ2n) is 5.03. The topological polar surface area (TPSA) is 63.2 Å². The number of nitrogens with zero attached hydrogens (tertiary/aromatic N) is 1. The molecule has 1 aromatic heterocycles. The van der Waals surface area contributed by atoms with Crippen molar-refractivity contribution < 1.29 is 9.53 Å². The maximum absolute atomic E-state index is 11.5. The Bertz CT molecular complexity index is 845. The first-order chi connectivity index (χ1) is 11.2.